The average molecular weight is 434 g/mol. The van der Waals surface area contributed by atoms with Crippen molar-refractivity contribution < 1.29 is 13.6 Å². The van der Waals surface area contributed by atoms with Gasteiger partial charge in [0.15, 0.2) is 5.43 Å². The van der Waals surface area contributed by atoms with Gasteiger partial charge < -0.3 is 9.32 Å². The van der Waals surface area contributed by atoms with E-state index in [0.717, 1.165) is 5.56 Å². The lowest BCUT2D eigenvalue weighted by Gasteiger charge is -2.25. The van der Waals surface area contributed by atoms with Crippen molar-refractivity contribution in [3.63, 3.8) is 0 Å². The number of fused-ring (bicyclic) bond motifs is 2. The Morgan fingerprint density at radius 3 is 2.48 bits per heavy atom. The second-order valence-corrected chi connectivity index (χ2v) is 7.91. The molecule has 1 atom stereocenters. The summed E-state index contributed by atoms with van der Waals surface area (Å²) in [5.41, 5.74) is 1.35. The second-order valence-electron chi connectivity index (χ2n) is 7.47. The molecule has 31 heavy (non-hydrogen) atoms. The van der Waals surface area contributed by atoms with Crippen LogP contribution in [0.1, 0.15) is 33.3 Å². The van der Waals surface area contributed by atoms with Crippen molar-refractivity contribution >= 4 is 28.5 Å². The van der Waals surface area contributed by atoms with Crippen LogP contribution >= 0.6 is 11.6 Å². The quantitative estimate of drug-likeness (QED) is 0.434. The van der Waals surface area contributed by atoms with E-state index in [4.69, 9.17) is 16.0 Å². The molecule has 0 radical (unpaired) electrons. The summed E-state index contributed by atoms with van der Waals surface area (Å²) in [4.78, 5) is 28.2. The highest BCUT2D eigenvalue weighted by Crippen LogP contribution is 2.39. The number of hydrogen-bond acceptors (Lipinski definition) is 3. The molecule has 0 spiro atoms. The Balaban J connectivity index is 1.68. The number of hydrogen-bond donors (Lipinski definition) is 0. The van der Waals surface area contributed by atoms with Gasteiger partial charge in [-0.25, -0.2) is 4.39 Å². The number of benzene rings is 3. The monoisotopic (exact) mass is 433 g/mol. The summed E-state index contributed by atoms with van der Waals surface area (Å²) in [6.45, 7) is 0.308. The van der Waals surface area contributed by atoms with Gasteiger partial charge in [-0.2, -0.15) is 0 Å². The first-order chi connectivity index (χ1) is 15.0. The molecule has 0 bridgehead atoms. The average Bonchev–Trinajstić information content (AvgIpc) is 3.06. The zero-order valence-electron chi connectivity index (χ0n) is 16.3. The molecule has 3 aromatic carbocycles. The largest absolute Gasteiger partial charge is 0.450 e. The minimum absolute atomic E-state index is 0.0406. The van der Waals surface area contributed by atoms with Crippen LogP contribution in [-0.2, 0) is 6.42 Å². The van der Waals surface area contributed by atoms with Crippen molar-refractivity contribution in [3.05, 3.63) is 116 Å². The van der Waals surface area contributed by atoms with Crippen LogP contribution < -0.4 is 5.43 Å². The van der Waals surface area contributed by atoms with Gasteiger partial charge in [0.25, 0.3) is 5.91 Å². The molecule has 0 saturated heterocycles. The van der Waals surface area contributed by atoms with Crippen LogP contribution in [0, 0.1) is 5.82 Å². The van der Waals surface area contributed by atoms with Crippen LogP contribution in [0.25, 0.3) is 11.0 Å². The molecule has 0 unspecified atom stereocenters. The van der Waals surface area contributed by atoms with Gasteiger partial charge in [0.2, 0.25) is 5.76 Å². The fraction of sp³-hybridized carbons (Fsp3) is 0.120. The van der Waals surface area contributed by atoms with Crippen molar-refractivity contribution in [1.82, 2.24) is 4.90 Å². The maximum Gasteiger partial charge on any atom is 0.290 e. The lowest BCUT2D eigenvalue weighted by atomic mass is 9.98. The minimum atomic E-state index is -0.868. The molecule has 154 valence electrons. The summed E-state index contributed by atoms with van der Waals surface area (Å²) < 4.78 is 20.7. The predicted molar refractivity (Wildman–Crippen MR) is 117 cm³/mol. The van der Waals surface area contributed by atoms with E-state index in [0.29, 0.717) is 18.0 Å². The number of amides is 1. The molecule has 5 rings (SSSR count). The first kappa shape index (κ1) is 19.5. The normalized spacial score (nSPS) is 15.5. The van der Waals surface area contributed by atoms with Gasteiger partial charge in [0.1, 0.15) is 11.4 Å². The number of nitrogens with zero attached hydrogens (tertiary/aromatic N) is 1. The van der Waals surface area contributed by atoms with Gasteiger partial charge in [-0.05, 0) is 36.2 Å². The van der Waals surface area contributed by atoms with Crippen molar-refractivity contribution in [2.45, 2.75) is 12.5 Å². The standard InChI is InChI=1S/C25H17ClFNO3/c26-16-10-11-20-18(14-16)23(29)21-22(17-8-4-5-9-19(17)27)28(25(30)24(21)31-20)13-12-15-6-2-1-3-7-15/h1-11,14,22H,12-13H2/t22-/m0/s1. The minimum Gasteiger partial charge on any atom is -0.450 e. The highest BCUT2D eigenvalue weighted by Gasteiger charge is 2.43. The summed E-state index contributed by atoms with van der Waals surface area (Å²) in [5.74, 6) is -0.947. The third-order valence-electron chi connectivity index (χ3n) is 5.61. The fourth-order valence-corrected chi connectivity index (χ4v) is 4.31. The highest BCUT2D eigenvalue weighted by molar-refractivity contribution is 6.31. The second kappa shape index (κ2) is 7.67. The van der Waals surface area contributed by atoms with Gasteiger partial charge in [-0.15, -0.1) is 0 Å². The first-order valence-electron chi connectivity index (χ1n) is 9.90. The van der Waals surface area contributed by atoms with E-state index in [9.17, 15) is 14.0 Å². The highest BCUT2D eigenvalue weighted by atomic mass is 35.5. The smallest absolute Gasteiger partial charge is 0.290 e. The van der Waals surface area contributed by atoms with Crippen LogP contribution in [0.5, 0.6) is 0 Å². The molecule has 0 saturated carbocycles. The Morgan fingerprint density at radius 1 is 0.968 bits per heavy atom. The topological polar surface area (TPSA) is 50.5 Å². The van der Waals surface area contributed by atoms with Gasteiger partial charge in [-0.3, -0.25) is 9.59 Å². The Kier molecular flexibility index (Phi) is 4.83. The maximum atomic E-state index is 14.8. The molecule has 6 heteroatoms. The van der Waals surface area contributed by atoms with Crippen LogP contribution in [0.15, 0.2) is 82.0 Å². The summed E-state index contributed by atoms with van der Waals surface area (Å²) in [5, 5.41) is 0.651. The Bertz CT molecular complexity index is 1370. The van der Waals surface area contributed by atoms with Crippen molar-refractivity contribution in [3.8, 4) is 0 Å². The molecule has 0 aliphatic carbocycles. The summed E-state index contributed by atoms with van der Waals surface area (Å²) >= 11 is 6.08. The molecule has 0 N–H and O–H groups in total. The van der Waals surface area contributed by atoms with E-state index in [1.807, 2.05) is 30.3 Å². The molecule has 1 amide bonds. The van der Waals surface area contributed by atoms with E-state index >= 15 is 0 Å². The van der Waals surface area contributed by atoms with Gasteiger partial charge in [-0.1, -0.05) is 60.1 Å². The van der Waals surface area contributed by atoms with Crippen LogP contribution in [0.2, 0.25) is 5.02 Å². The van der Waals surface area contributed by atoms with Crippen LogP contribution in [0.3, 0.4) is 0 Å². The molecule has 4 aromatic rings. The molecule has 1 aliphatic heterocycles. The van der Waals surface area contributed by atoms with Crippen LogP contribution in [-0.4, -0.2) is 17.4 Å². The molecule has 1 aliphatic rings. The SMILES string of the molecule is O=C1c2oc3ccc(Cl)cc3c(=O)c2[C@H](c2ccccc2F)N1CCc1ccccc1. The zero-order valence-corrected chi connectivity index (χ0v) is 17.1. The Morgan fingerprint density at radius 2 is 1.71 bits per heavy atom. The number of carbonyl (C=O) groups excluding carboxylic acids is 1. The summed E-state index contributed by atoms with van der Waals surface area (Å²) in [6.07, 6.45) is 0.561. The van der Waals surface area contributed by atoms with E-state index in [1.54, 1.807) is 30.3 Å². The van der Waals surface area contributed by atoms with E-state index in [-0.39, 0.29) is 33.3 Å². The van der Waals surface area contributed by atoms with Crippen molar-refractivity contribution in [2.24, 2.45) is 0 Å². The third-order valence-corrected chi connectivity index (χ3v) is 5.85. The molecular formula is C25H17ClFNO3. The summed E-state index contributed by atoms with van der Waals surface area (Å²) in [7, 11) is 0. The number of halogens is 2. The van der Waals surface area contributed by atoms with Gasteiger partial charge in [0.05, 0.1) is 17.0 Å². The summed E-state index contributed by atoms with van der Waals surface area (Å²) in [6, 6.07) is 19.7. The van der Waals surface area contributed by atoms with Gasteiger partial charge >= 0.3 is 0 Å². The first-order valence-corrected chi connectivity index (χ1v) is 10.3. The predicted octanol–water partition coefficient (Wildman–Crippen LogP) is 5.37. The van der Waals surface area contributed by atoms with E-state index < -0.39 is 17.8 Å². The van der Waals surface area contributed by atoms with Crippen molar-refractivity contribution in [2.75, 3.05) is 6.54 Å². The molecular weight excluding hydrogens is 417 g/mol. The molecule has 0 fully saturated rings. The maximum absolute atomic E-state index is 14.8. The molecule has 1 aromatic heterocycles. The number of carbonyl (C=O) groups is 1. The van der Waals surface area contributed by atoms with Crippen LogP contribution in [0.4, 0.5) is 4.39 Å². The Hall–Kier alpha value is -3.44. The Labute approximate surface area is 182 Å². The lowest BCUT2D eigenvalue weighted by molar-refractivity contribution is 0.0728. The zero-order chi connectivity index (χ0) is 21.5. The fourth-order valence-electron chi connectivity index (χ4n) is 4.14. The number of rotatable bonds is 4. The van der Waals surface area contributed by atoms with E-state index in [1.165, 1.54) is 17.0 Å². The molecule has 2 heterocycles. The lowest BCUT2D eigenvalue weighted by Crippen LogP contribution is -2.32. The van der Waals surface area contributed by atoms with Gasteiger partial charge in [0, 0.05) is 17.1 Å². The van der Waals surface area contributed by atoms with Crippen molar-refractivity contribution in [1.29, 1.82) is 0 Å². The molecule has 4 nitrogen and oxygen atoms in total. The third kappa shape index (κ3) is 3.31. The van der Waals surface area contributed by atoms with E-state index in [2.05, 4.69) is 0 Å².